The summed E-state index contributed by atoms with van der Waals surface area (Å²) < 4.78 is 0. The molecular formula is C18H17Cl2N3S. The van der Waals surface area contributed by atoms with Gasteiger partial charge < -0.3 is 5.32 Å². The highest BCUT2D eigenvalue weighted by molar-refractivity contribution is 7.19. The van der Waals surface area contributed by atoms with Gasteiger partial charge in [-0.15, -0.1) is 11.3 Å². The predicted molar refractivity (Wildman–Crippen MR) is 103 cm³/mol. The Labute approximate surface area is 155 Å². The van der Waals surface area contributed by atoms with Crippen LogP contribution in [0.15, 0.2) is 24.5 Å². The molecule has 0 saturated carbocycles. The van der Waals surface area contributed by atoms with Gasteiger partial charge in [0.1, 0.15) is 17.0 Å². The molecule has 3 aromatic rings. The molecule has 1 N–H and O–H groups in total. The van der Waals surface area contributed by atoms with Crippen molar-refractivity contribution in [2.45, 2.75) is 32.1 Å². The average molecular weight is 378 g/mol. The summed E-state index contributed by atoms with van der Waals surface area (Å²) in [6.07, 6.45) is 7.34. The first-order valence-corrected chi connectivity index (χ1v) is 9.72. The summed E-state index contributed by atoms with van der Waals surface area (Å²) in [5, 5.41) is 6.08. The second-order valence-electron chi connectivity index (χ2n) is 6.03. The molecular weight excluding hydrogens is 361 g/mol. The lowest BCUT2D eigenvalue weighted by Gasteiger charge is -2.12. The fourth-order valence-corrected chi connectivity index (χ4v) is 5.00. The third kappa shape index (κ3) is 3.10. The van der Waals surface area contributed by atoms with Crippen LogP contribution in [-0.4, -0.2) is 16.5 Å². The van der Waals surface area contributed by atoms with E-state index in [0.717, 1.165) is 35.6 Å². The quantitative estimate of drug-likeness (QED) is 0.649. The van der Waals surface area contributed by atoms with Gasteiger partial charge in [-0.2, -0.15) is 0 Å². The largest absolute Gasteiger partial charge is 0.369 e. The number of aromatic nitrogens is 2. The molecule has 0 atom stereocenters. The smallest absolute Gasteiger partial charge is 0.138 e. The minimum absolute atomic E-state index is 0.666. The van der Waals surface area contributed by atoms with Crippen LogP contribution in [0.2, 0.25) is 10.0 Å². The van der Waals surface area contributed by atoms with E-state index in [0.29, 0.717) is 10.0 Å². The van der Waals surface area contributed by atoms with Crippen LogP contribution in [0, 0.1) is 0 Å². The topological polar surface area (TPSA) is 37.8 Å². The molecule has 0 saturated heterocycles. The molecule has 0 aliphatic heterocycles. The Morgan fingerprint density at radius 2 is 2.00 bits per heavy atom. The van der Waals surface area contributed by atoms with Crippen molar-refractivity contribution >= 4 is 50.6 Å². The zero-order valence-corrected chi connectivity index (χ0v) is 15.4. The molecule has 3 nitrogen and oxygen atoms in total. The Bertz CT molecular complexity index is 891. The van der Waals surface area contributed by atoms with Crippen molar-refractivity contribution in [2.75, 3.05) is 11.9 Å². The number of halogens is 2. The van der Waals surface area contributed by atoms with E-state index >= 15 is 0 Å². The molecule has 0 amide bonds. The van der Waals surface area contributed by atoms with E-state index in [2.05, 4.69) is 15.3 Å². The predicted octanol–water partition coefficient (Wildman–Crippen LogP) is 5.53. The first kappa shape index (κ1) is 16.1. The summed E-state index contributed by atoms with van der Waals surface area (Å²) in [5.41, 5.74) is 2.54. The Kier molecular flexibility index (Phi) is 4.61. The van der Waals surface area contributed by atoms with E-state index in [1.807, 2.05) is 23.5 Å². The van der Waals surface area contributed by atoms with Gasteiger partial charge >= 0.3 is 0 Å². The Morgan fingerprint density at radius 3 is 2.88 bits per heavy atom. The van der Waals surface area contributed by atoms with Crippen LogP contribution in [0.1, 0.15) is 28.8 Å². The molecule has 6 heteroatoms. The third-order valence-electron chi connectivity index (χ3n) is 4.45. The SMILES string of the molecule is Clc1ccc(CCNc2ncnc3sc4c(c23)CCCC4)c(Cl)c1. The minimum atomic E-state index is 0.666. The van der Waals surface area contributed by atoms with Crippen LogP contribution in [0.5, 0.6) is 0 Å². The molecule has 0 spiro atoms. The second kappa shape index (κ2) is 6.87. The lowest BCUT2D eigenvalue weighted by atomic mass is 9.97. The van der Waals surface area contributed by atoms with E-state index in [1.54, 1.807) is 12.4 Å². The summed E-state index contributed by atoms with van der Waals surface area (Å²) in [4.78, 5) is 11.5. The van der Waals surface area contributed by atoms with Crippen LogP contribution < -0.4 is 5.32 Å². The summed E-state index contributed by atoms with van der Waals surface area (Å²) >= 11 is 14.0. The van der Waals surface area contributed by atoms with E-state index < -0.39 is 0 Å². The van der Waals surface area contributed by atoms with Gasteiger partial charge in [0.2, 0.25) is 0 Å². The van der Waals surface area contributed by atoms with Crippen molar-refractivity contribution in [2.24, 2.45) is 0 Å². The molecule has 124 valence electrons. The number of hydrogen-bond acceptors (Lipinski definition) is 4. The highest BCUT2D eigenvalue weighted by atomic mass is 35.5. The fourth-order valence-electron chi connectivity index (χ4n) is 3.26. The normalized spacial score (nSPS) is 13.9. The van der Waals surface area contributed by atoms with E-state index in [4.69, 9.17) is 23.2 Å². The summed E-state index contributed by atoms with van der Waals surface area (Å²) in [5.74, 6) is 0.949. The Balaban J connectivity index is 1.55. The Morgan fingerprint density at radius 1 is 1.12 bits per heavy atom. The van der Waals surface area contributed by atoms with Crippen LogP contribution in [0.3, 0.4) is 0 Å². The maximum Gasteiger partial charge on any atom is 0.138 e. The van der Waals surface area contributed by atoms with Gasteiger partial charge in [-0.25, -0.2) is 9.97 Å². The van der Waals surface area contributed by atoms with Crippen molar-refractivity contribution < 1.29 is 0 Å². The van der Waals surface area contributed by atoms with E-state index in [-0.39, 0.29) is 0 Å². The van der Waals surface area contributed by atoms with Gasteiger partial charge in [-0.05, 0) is 55.4 Å². The van der Waals surface area contributed by atoms with Crippen molar-refractivity contribution in [3.05, 3.63) is 50.6 Å². The Hall–Kier alpha value is -1.36. The van der Waals surface area contributed by atoms with Crippen LogP contribution in [0.25, 0.3) is 10.2 Å². The van der Waals surface area contributed by atoms with Crippen molar-refractivity contribution in [3.63, 3.8) is 0 Å². The summed E-state index contributed by atoms with van der Waals surface area (Å²) in [6.45, 7) is 0.776. The molecule has 0 unspecified atom stereocenters. The van der Waals surface area contributed by atoms with Gasteiger partial charge in [-0.3, -0.25) is 0 Å². The average Bonchev–Trinajstić information content (AvgIpc) is 2.96. The maximum atomic E-state index is 6.25. The number of nitrogens with zero attached hydrogens (tertiary/aromatic N) is 2. The number of nitrogens with one attached hydrogen (secondary N) is 1. The van der Waals surface area contributed by atoms with E-state index in [1.165, 1.54) is 35.1 Å². The lowest BCUT2D eigenvalue weighted by molar-refractivity contribution is 0.700. The molecule has 0 fully saturated rings. The van der Waals surface area contributed by atoms with E-state index in [9.17, 15) is 0 Å². The zero-order chi connectivity index (χ0) is 16.5. The number of anilines is 1. The first-order valence-electron chi connectivity index (χ1n) is 8.15. The van der Waals surface area contributed by atoms with Crippen molar-refractivity contribution in [1.82, 2.24) is 9.97 Å². The number of hydrogen-bond donors (Lipinski definition) is 1. The number of rotatable bonds is 4. The van der Waals surface area contributed by atoms with Crippen molar-refractivity contribution in [3.8, 4) is 0 Å². The van der Waals surface area contributed by atoms with Crippen LogP contribution in [0.4, 0.5) is 5.82 Å². The molecule has 1 aliphatic carbocycles. The van der Waals surface area contributed by atoms with Gasteiger partial charge in [0.15, 0.2) is 0 Å². The van der Waals surface area contributed by atoms with Gasteiger partial charge in [0, 0.05) is 21.5 Å². The molecule has 2 heterocycles. The second-order valence-corrected chi connectivity index (χ2v) is 7.95. The van der Waals surface area contributed by atoms with Crippen molar-refractivity contribution in [1.29, 1.82) is 0 Å². The minimum Gasteiger partial charge on any atom is -0.369 e. The maximum absolute atomic E-state index is 6.25. The van der Waals surface area contributed by atoms with Gasteiger partial charge in [-0.1, -0.05) is 29.3 Å². The fraction of sp³-hybridized carbons (Fsp3) is 0.333. The molecule has 1 aliphatic rings. The molecule has 24 heavy (non-hydrogen) atoms. The first-order chi connectivity index (χ1) is 11.7. The molecule has 0 bridgehead atoms. The number of aryl methyl sites for hydroxylation is 2. The highest BCUT2D eigenvalue weighted by Gasteiger charge is 2.19. The molecule has 0 radical (unpaired) electrons. The molecule has 2 aromatic heterocycles. The molecule has 4 rings (SSSR count). The zero-order valence-electron chi connectivity index (χ0n) is 13.1. The number of benzene rings is 1. The van der Waals surface area contributed by atoms with Gasteiger partial charge in [0.05, 0.1) is 5.39 Å². The summed E-state index contributed by atoms with van der Waals surface area (Å²) in [7, 11) is 0. The lowest BCUT2D eigenvalue weighted by Crippen LogP contribution is -2.08. The monoisotopic (exact) mass is 377 g/mol. The number of fused-ring (bicyclic) bond motifs is 3. The summed E-state index contributed by atoms with van der Waals surface area (Å²) in [6, 6.07) is 5.64. The highest BCUT2D eigenvalue weighted by Crippen LogP contribution is 2.38. The number of thiophene rings is 1. The van der Waals surface area contributed by atoms with Crippen LogP contribution in [-0.2, 0) is 19.3 Å². The third-order valence-corrected chi connectivity index (χ3v) is 6.24. The standard InChI is InChI=1S/C18H17Cl2N3S/c19-12-6-5-11(14(20)9-12)7-8-21-17-16-13-3-1-2-4-15(13)24-18(16)23-10-22-17/h5-6,9-10H,1-4,7-8H2,(H,21,22,23). The molecule has 1 aromatic carbocycles. The van der Waals surface area contributed by atoms with Crippen LogP contribution >= 0.6 is 34.5 Å². The van der Waals surface area contributed by atoms with Gasteiger partial charge in [0.25, 0.3) is 0 Å².